The lowest BCUT2D eigenvalue weighted by molar-refractivity contribution is 0.708. The van der Waals surface area contributed by atoms with Gasteiger partial charge in [-0.3, -0.25) is 4.98 Å². The van der Waals surface area contributed by atoms with Crippen molar-refractivity contribution in [1.82, 2.24) is 9.97 Å². The Bertz CT molecular complexity index is 571. The number of pyridine rings is 2. The smallest absolute Gasteiger partial charge is 0.143 e. The third-order valence-electron chi connectivity index (χ3n) is 3.68. The van der Waals surface area contributed by atoms with Gasteiger partial charge in [-0.2, -0.15) is 0 Å². The van der Waals surface area contributed by atoms with Gasteiger partial charge < -0.3 is 4.90 Å². The van der Waals surface area contributed by atoms with Crippen molar-refractivity contribution >= 4 is 21.7 Å². The first-order valence-corrected chi connectivity index (χ1v) is 7.34. The highest BCUT2D eigenvalue weighted by Crippen LogP contribution is 2.38. The summed E-state index contributed by atoms with van der Waals surface area (Å²) < 4.78 is 1.11. The Kier molecular flexibility index (Phi) is 3.51. The average Bonchev–Trinajstić information content (AvgIpc) is 2.92. The van der Waals surface area contributed by atoms with Crippen LogP contribution in [0.5, 0.6) is 0 Å². The summed E-state index contributed by atoms with van der Waals surface area (Å²) in [6, 6.07) is 6.65. The molecule has 1 fully saturated rings. The molecule has 3 nitrogen and oxygen atoms in total. The molecule has 0 aliphatic carbocycles. The number of hydrogen-bond acceptors (Lipinski definition) is 3. The van der Waals surface area contributed by atoms with Crippen LogP contribution in [-0.4, -0.2) is 16.5 Å². The van der Waals surface area contributed by atoms with Crippen LogP contribution in [0.3, 0.4) is 0 Å². The van der Waals surface area contributed by atoms with Crippen LogP contribution in [0.4, 0.5) is 5.82 Å². The van der Waals surface area contributed by atoms with Gasteiger partial charge in [0, 0.05) is 25.1 Å². The molecule has 0 bridgehead atoms. The van der Waals surface area contributed by atoms with Gasteiger partial charge in [0.25, 0.3) is 0 Å². The SMILES string of the molecule is Cc1ccnc(N2CCCC2c2ccncc2)c1Br. The maximum absolute atomic E-state index is 4.56. The van der Waals surface area contributed by atoms with E-state index in [2.05, 4.69) is 49.9 Å². The van der Waals surface area contributed by atoms with E-state index >= 15 is 0 Å². The van der Waals surface area contributed by atoms with Crippen LogP contribution in [-0.2, 0) is 0 Å². The van der Waals surface area contributed by atoms with Crippen LogP contribution < -0.4 is 4.90 Å². The Morgan fingerprint density at radius 1 is 1.21 bits per heavy atom. The van der Waals surface area contributed by atoms with Crippen LogP contribution in [0.2, 0.25) is 0 Å². The number of halogens is 1. The van der Waals surface area contributed by atoms with Crippen LogP contribution in [0.25, 0.3) is 0 Å². The van der Waals surface area contributed by atoms with Gasteiger partial charge in [-0.05, 0) is 65.0 Å². The van der Waals surface area contributed by atoms with E-state index < -0.39 is 0 Å². The fourth-order valence-electron chi connectivity index (χ4n) is 2.68. The van der Waals surface area contributed by atoms with Crippen molar-refractivity contribution < 1.29 is 0 Å². The van der Waals surface area contributed by atoms with Gasteiger partial charge >= 0.3 is 0 Å². The van der Waals surface area contributed by atoms with Gasteiger partial charge in [0.1, 0.15) is 5.82 Å². The van der Waals surface area contributed by atoms with E-state index in [-0.39, 0.29) is 0 Å². The quantitative estimate of drug-likeness (QED) is 0.841. The second kappa shape index (κ2) is 5.29. The van der Waals surface area contributed by atoms with E-state index in [0.717, 1.165) is 16.8 Å². The van der Waals surface area contributed by atoms with E-state index in [1.165, 1.54) is 24.0 Å². The van der Waals surface area contributed by atoms with Crippen LogP contribution in [0.15, 0.2) is 41.3 Å². The van der Waals surface area contributed by atoms with Crippen LogP contribution in [0.1, 0.15) is 30.0 Å². The lowest BCUT2D eigenvalue weighted by Gasteiger charge is -2.27. The highest BCUT2D eigenvalue weighted by atomic mass is 79.9. The Labute approximate surface area is 121 Å². The molecule has 0 amide bonds. The fourth-order valence-corrected chi connectivity index (χ4v) is 3.14. The normalized spacial score (nSPS) is 18.8. The fraction of sp³-hybridized carbons (Fsp3) is 0.333. The van der Waals surface area contributed by atoms with Crippen molar-refractivity contribution in [3.63, 3.8) is 0 Å². The number of nitrogens with zero attached hydrogens (tertiary/aromatic N) is 3. The summed E-state index contributed by atoms with van der Waals surface area (Å²) in [7, 11) is 0. The Morgan fingerprint density at radius 2 is 2.00 bits per heavy atom. The summed E-state index contributed by atoms with van der Waals surface area (Å²) in [5, 5.41) is 0. The second-order valence-corrected chi connectivity index (χ2v) is 5.69. The number of aryl methyl sites for hydroxylation is 1. The van der Waals surface area contributed by atoms with Crippen molar-refractivity contribution in [1.29, 1.82) is 0 Å². The van der Waals surface area contributed by atoms with Crippen LogP contribution >= 0.6 is 15.9 Å². The molecule has 3 heterocycles. The van der Waals surface area contributed by atoms with E-state index in [9.17, 15) is 0 Å². The number of hydrogen-bond donors (Lipinski definition) is 0. The minimum atomic E-state index is 0.411. The lowest BCUT2D eigenvalue weighted by atomic mass is 10.1. The summed E-state index contributed by atoms with van der Waals surface area (Å²) in [6.45, 7) is 3.16. The molecular formula is C15H16BrN3. The first-order chi connectivity index (χ1) is 9.27. The highest BCUT2D eigenvalue weighted by Gasteiger charge is 2.28. The number of aromatic nitrogens is 2. The maximum Gasteiger partial charge on any atom is 0.143 e. The van der Waals surface area contributed by atoms with Gasteiger partial charge in [-0.1, -0.05) is 0 Å². The molecule has 1 unspecified atom stereocenters. The molecule has 0 aromatic carbocycles. The van der Waals surface area contributed by atoms with Crippen molar-refractivity contribution in [2.75, 3.05) is 11.4 Å². The minimum absolute atomic E-state index is 0.411. The topological polar surface area (TPSA) is 29.0 Å². The number of anilines is 1. The monoisotopic (exact) mass is 317 g/mol. The van der Waals surface area contributed by atoms with Gasteiger partial charge in [0.15, 0.2) is 0 Å². The summed E-state index contributed by atoms with van der Waals surface area (Å²) in [5.41, 5.74) is 2.55. The molecule has 0 saturated carbocycles. The molecule has 1 aliphatic rings. The zero-order valence-electron chi connectivity index (χ0n) is 10.9. The van der Waals surface area contributed by atoms with Gasteiger partial charge in [-0.25, -0.2) is 4.98 Å². The molecule has 0 radical (unpaired) electrons. The van der Waals surface area contributed by atoms with Crippen LogP contribution in [0, 0.1) is 6.92 Å². The summed E-state index contributed by atoms with van der Waals surface area (Å²) in [5.74, 6) is 1.05. The lowest BCUT2D eigenvalue weighted by Crippen LogP contribution is -2.24. The van der Waals surface area contributed by atoms with Crippen molar-refractivity contribution in [2.24, 2.45) is 0 Å². The predicted molar refractivity (Wildman–Crippen MR) is 80.2 cm³/mol. The standard InChI is InChI=1S/C15H16BrN3/c1-11-4-9-18-15(14(11)16)19-10-2-3-13(19)12-5-7-17-8-6-12/h4-9,13H,2-3,10H2,1H3. The van der Waals surface area contributed by atoms with Gasteiger partial charge in [-0.15, -0.1) is 0 Å². The van der Waals surface area contributed by atoms with E-state index in [1.807, 2.05) is 24.7 Å². The summed E-state index contributed by atoms with van der Waals surface area (Å²) in [6.07, 6.45) is 7.99. The first-order valence-electron chi connectivity index (χ1n) is 6.55. The molecule has 2 aromatic rings. The van der Waals surface area contributed by atoms with E-state index in [1.54, 1.807) is 0 Å². The largest absolute Gasteiger partial charge is 0.349 e. The van der Waals surface area contributed by atoms with Crippen molar-refractivity contribution in [3.05, 3.63) is 52.4 Å². The predicted octanol–water partition coefficient (Wildman–Crippen LogP) is 3.89. The van der Waals surface area contributed by atoms with Gasteiger partial charge in [0.05, 0.1) is 10.5 Å². The maximum atomic E-state index is 4.56. The van der Waals surface area contributed by atoms with Gasteiger partial charge in [0.2, 0.25) is 0 Å². The third kappa shape index (κ3) is 2.37. The summed E-state index contributed by atoms with van der Waals surface area (Å²) >= 11 is 3.67. The molecular weight excluding hydrogens is 302 g/mol. The zero-order chi connectivity index (χ0) is 13.2. The minimum Gasteiger partial charge on any atom is -0.349 e. The Balaban J connectivity index is 1.98. The number of rotatable bonds is 2. The molecule has 0 spiro atoms. The molecule has 98 valence electrons. The average molecular weight is 318 g/mol. The summed E-state index contributed by atoms with van der Waals surface area (Å²) in [4.78, 5) is 11.1. The molecule has 4 heteroatoms. The van der Waals surface area contributed by atoms with E-state index in [0.29, 0.717) is 6.04 Å². The van der Waals surface area contributed by atoms with E-state index in [4.69, 9.17) is 0 Å². The molecule has 0 N–H and O–H groups in total. The van der Waals surface area contributed by atoms with Crippen molar-refractivity contribution in [3.8, 4) is 0 Å². The molecule has 1 atom stereocenters. The Hall–Kier alpha value is -1.42. The second-order valence-electron chi connectivity index (χ2n) is 4.90. The molecule has 1 aliphatic heterocycles. The molecule has 2 aromatic heterocycles. The molecule has 19 heavy (non-hydrogen) atoms. The highest BCUT2D eigenvalue weighted by molar-refractivity contribution is 9.10. The molecule has 3 rings (SSSR count). The zero-order valence-corrected chi connectivity index (χ0v) is 12.5. The third-order valence-corrected chi connectivity index (χ3v) is 4.66. The first kappa shape index (κ1) is 12.6. The van der Waals surface area contributed by atoms with Crippen molar-refractivity contribution in [2.45, 2.75) is 25.8 Å². The Morgan fingerprint density at radius 3 is 2.79 bits per heavy atom. The molecule has 1 saturated heterocycles.